The normalized spacial score (nSPS) is 15.2. The molecule has 0 spiro atoms. The Morgan fingerprint density at radius 2 is 2.04 bits per heavy atom. The molecular formula is C20H22Cl2N4O2. The standard InChI is InChI=1S/C20H22Cl2N4O2/c1-2-26-13-16(12-23-26)24-20(28)15-8-10-25(11-9-15)18(27)7-6-14-4-3-5-17(21)19(14)22/h3-7,12-13,15H,2,8-11H2,1H3,(H,24,28)/b7-6+. The van der Waals surface area contributed by atoms with Crippen molar-refractivity contribution >= 4 is 46.8 Å². The lowest BCUT2D eigenvalue weighted by Crippen LogP contribution is -2.40. The number of benzene rings is 1. The predicted octanol–water partition coefficient (Wildman–Crippen LogP) is 4.10. The number of nitrogens with zero attached hydrogens (tertiary/aromatic N) is 3. The summed E-state index contributed by atoms with van der Waals surface area (Å²) in [6.45, 7) is 3.82. The van der Waals surface area contributed by atoms with Gasteiger partial charge in [-0.25, -0.2) is 0 Å². The van der Waals surface area contributed by atoms with E-state index in [2.05, 4.69) is 10.4 Å². The van der Waals surface area contributed by atoms with Crippen LogP contribution in [0.4, 0.5) is 5.69 Å². The first-order chi connectivity index (χ1) is 13.5. The molecule has 3 rings (SSSR count). The zero-order chi connectivity index (χ0) is 20.1. The summed E-state index contributed by atoms with van der Waals surface area (Å²) < 4.78 is 1.76. The number of nitrogens with one attached hydrogen (secondary N) is 1. The minimum atomic E-state index is -0.111. The van der Waals surface area contributed by atoms with Gasteiger partial charge >= 0.3 is 0 Å². The van der Waals surface area contributed by atoms with Crippen molar-refractivity contribution in [3.05, 3.63) is 52.3 Å². The number of piperidine rings is 1. The van der Waals surface area contributed by atoms with Gasteiger partial charge in [-0.2, -0.15) is 5.10 Å². The van der Waals surface area contributed by atoms with E-state index in [-0.39, 0.29) is 17.7 Å². The molecule has 1 aromatic carbocycles. The van der Waals surface area contributed by atoms with Gasteiger partial charge < -0.3 is 10.2 Å². The van der Waals surface area contributed by atoms with Crippen LogP contribution in [0.25, 0.3) is 6.08 Å². The van der Waals surface area contributed by atoms with Crippen molar-refractivity contribution in [1.82, 2.24) is 14.7 Å². The highest BCUT2D eigenvalue weighted by atomic mass is 35.5. The van der Waals surface area contributed by atoms with Crippen molar-refractivity contribution in [2.75, 3.05) is 18.4 Å². The Balaban J connectivity index is 1.51. The largest absolute Gasteiger partial charge is 0.339 e. The molecule has 1 fully saturated rings. The van der Waals surface area contributed by atoms with Crippen LogP contribution in [0.2, 0.25) is 10.0 Å². The van der Waals surface area contributed by atoms with Crippen molar-refractivity contribution in [2.24, 2.45) is 5.92 Å². The third-order valence-corrected chi connectivity index (χ3v) is 5.62. The van der Waals surface area contributed by atoms with Gasteiger partial charge in [0.2, 0.25) is 11.8 Å². The summed E-state index contributed by atoms with van der Waals surface area (Å²) in [6.07, 6.45) is 7.88. The van der Waals surface area contributed by atoms with E-state index in [1.165, 1.54) is 6.08 Å². The fourth-order valence-electron chi connectivity index (χ4n) is 3.12. The molecule has 2 aromatic rings. The van der Waals surface area contributed by atoms with Crippen molar-refractivity contribution in [3.63, 3.8) is 0 Å². The van der Waals surface area contributed by atoms with Crippen molar-refractivity contribution in [3.8, 4) is 0 Å². The summed E-state index contributed by atoms with van der Waals surface area (Å²) in [5.41, 5.74) is 1.40. The molecule has 148 valence electrons. The van der Waals surface area contributed by atoms with Gasteiger partial charge in [0.05, 0.1) is 21.9 Å². The number of aromatic nitrogens is 2. The molecule has 8 heteroatoms. The fraction of sp³-hybridized carbons (Fsp3) is 0.350. The van der Waals surface area contributed by atoms with Crippen molar-refractivity contribution in [1.29, 1.82) is 0 Å². The van der Waals surface area contributed by atoms with Crippen LogP contribution in [-0.4, -0.2) is 39.6 Å². The Labute approximate surface area is 174 Å². The minimum Gasteiger partial charge on any atom is -0.339 e. The molecule has 1 aliphatic rings. The van der Waals surface area contributed by atoms with E-state index in [1.54, 1.807) is 40.1 Å². The van der Waals surface area contributed by atoms with Crippen LogP contribution >= 0.6 is 23.2 Å². The second kappa shape index (κ2) is 9.26. The number of halogens is 2. The molecule has 6 nitrogen and oxygen atoms in total. The van der Waals surface area contributed by atoms with Crippen LogP contribution in [0.1, 0.15) is 25.3 Å². The van der Waals surface area contributed by atoms with E-state index < -0.39 is 0 Å². The Hall–Kier alpha value is -2.31. The predicted molar refractivity (Wildman–Crippen MR) is 111 cm³/mol. The molecule has 0 unspecified atom stereocenters. The lowest BCUT2D eigenvalue weighted by molar-refractivity contribution is -0.130. The number of hydrogen-bond acceptors (Lipinski definition) is 3. The number of rotatable bonds is 5. The third kappa shape index (κ3) is 4.94. The fourth-order valence-corrected chi connectivity index (χ4v) is 3.49. The van der Waals surface area contributed by atoms with Crippen LogP contribution in [0.5, 0.6) is 0 Å². The Kier molecular flexibility index (Phi) is 6.75. The topological polar surface area (TPSA) is 67.2 Å². The van der Waals surface area contributed by atoms with Crippen molar-refractivity contribution in [2.45, 2.75) is 26.3 Å². The van der Waals surface area contributed by atoms with E-state index in [4.69, 9.17) is 23.2 Å². The van der Waals surface area contributed by atoms with Crippen molar-refractivity contribution < 1.29 is 9.59 Å². The molecular weight excluding hydrogens is 399 g/mol. The van der Waals surface area contributed by atoms with Gasteiger partial charge in [-0.15, -0.1) is 0 Å². The van der Waals surface area contributed by atoms with E-state index in [0.29, 0.717) is 47.2 Å². The van der Waals surface area contributed by atoms with Gasteiger partial charge in [-0.1, -0.05) is 35.3 Å². The average molecular weight is 421 g/mol. The number of carbonyl (C=O) groups is 2. The maximum absolute atomic E-state index is 12.4. The van der Waals surface area contributed by atoms with Crippen LogP contribution in [0, 0.1) is 5.92 Å². The first-order valence-electron chi connectivity index (χ1n) is 9.22. The molecule has 1 N–H and O–H groups in total. The molecule has 28 heavy (non-hydrogen) atoms. The van der Waals surface area contributed by atoms with Gasteiger partial charge in [-0.05, 0) is 37.5 Å². The maximum Gasteiger partial charge on any atom is 0.246 e. The van der Waals surface area contributed by atoms with Gasteiger partial charge in [0, 0.05) is 37.8 Å². The number of amides is 2. The Morgan fingerprint density at radius 3 is 2.71 bits per heavy atom. The zero-order valence-corrected chi connectivity index (χ0v) is 17.1. The van der Waals surface area contributed by atoms with Crippen LogP contribution in [0.3, 0.4) is 0 Å². The van der Waals surface area contributed by atoms with Gasteiger partial charge in [-0.3, -0.25) is 14.3 Å². The molecule has 1 saturated heterocycles. The molecule has 0 saturated carbocycles. The quantitative estimate of drug-likeness (QED) is 0.740. The van der Waals surface area contributed by atoms with Gasteiger partial charge in [0.15, 0.2) is 0 Å². The summed E-state index contributed by atoms with van der Waals surface area (Å²) in [6, 6.07) is 5.29. The molecule has 2 heterocycles. The summed E-state index contributed by atoms with van der Waals surface area (Å²) in [4.78, 5) is 26.6. The monoisotopic (exact) mass is 420 g/mol. The summed E-state index contributed by atoms with van der Waals surface area (Å²) in [5.74, 6) is -0.233. The van der Waals surface area contributed by atoms with E-state index >= 15 is 0 Å². The van der Waals surface area contributed by atoms with Gasteiger partial charge in [0.25, 0.3) is 0 Å². The molecule has 1 aromatic heterocycles. The van der Waals surface area contributed by atoms with E-state index in [9.17, 15) is 9.59 Å². The molecule has 0 radical (unpaired) electrons. The third-order valence-electron chi connectivity index (χ3n) is 4.79. The van der Waals surface area contributed by atoms with Crippen LogP contribution in [-0.2, 0) is 16.1 Å². The second-order valence-electron chi connectivity index (χ2n) is 6.65. The number of likely N-dealkylation sites (tertiary alicyclic amines) is 1. The Morgan fingerprint density at radius 1 is 1.29 bits per heavy atom. The van der Waals surface area contributed by atoms with Gasteiger partial charge in [0.1, 0.15) is 0 Å². The molecule has 2 amide bonds. The number of carbonyl (C=O) groups excluding carboxylic acids is 2. The zero-order valence-electron chi connectivity index (χ0n) is 15.6. The van der Waals surface area contributed by atoms with E-state index in [0.717, 1.165) is 6.54 Å². The van der Waals surface area contributed by atoms with Crippen LogP contribution < -0.4 is 5.32 Å². The first-order valence-corrected chi connectivity index (χ1v) is 9.98. The number of anilines is 1. The molecule has 0 bridgehead atoms. The lowest BCUT2D eigenvalue weighted by Gasteiger charge is -2.30. The number of hydrogen-bond donors (Lipinski definition) is 1. The smallest absolute Gasteiger partial charge is 0.246 e. The second-order valence-corrected chi connectivity index (χ2v) is 7.44. The first kappa shape index (κ1) is 20.4. The lowest BCUT2D eigenvalue weighted by atomic mass is 9.95. The molecule has 1 aliphatic heterocycles. The summed E-state index contributed by atoms with van der Waals surface area (Å²) >= 11 is 12.1. The molecule has 0 atom stereocenters. The highest BCUT2D eigenvalue weighted by Crippen LogP contribution is 2.26. The van der Waals surface area contributed by atoms with Crippen LogP contribution in [0.15, 0.2) is 36.7 Å². The molecule has 0 aliphatic carbocycles. The maximum atomic E-state index is 12.4. The van der Waals surface area contributed by atoms with E-state index in [1.807, 2.05) is 13.1 Å². The Bertz CT molecular complexity index is 886. The highest BCUT2D eigenvalue weighted by molar-refractivity contribution is 6.42. The summed E-state index contributed by atoms with van der Waals surface area (Å²) in [5, 5.41) is 7.93. The summed E-state index contributed by atoms with van der Waals surface area (Å²) in [7, 11) is 0. The highest BCUT2D eigenvalue weighted by Gasteiger charge is 2.26. The number of aryl methyl sites for hydroxylation is 1. The SMILES string of the molecule is CCn1cc(NC(=O)C2CCN(C(=O)/C=C/c3cccc(Cl)c3Cl)CC2)cn1. The average Bonchev–Trinajstić information content (AvgIpc) is 3.16. The minimum absolute atomic E-state index is 0.0241.